The maximum absolute atomic E-state index is 5.74. The molecule has 4 heteroatoms. The monoisotopic (exact) mass is 214 g/mol. The molecule has 0 aromatic heterocycles. The van der Waals surface area contributed by atoms with Crippen molar-refractivity contribution in [2.75, 3.05) is 0 Å². The average Bonchev–Trinajstić information content (AvgIpc) is 2.12. The Bertz CT molecular complexity index is 175. The quantitative estimate of drug-likeness (QED) is 0.482. The van der Waals surface area contributed by atoms with Crippen LogP contribution in [0.4, 0.5) is 0 Å². The molecule has 1 rings (SSSR count). The molecule has 0 saturated carbocycles. The summed E-state index contributed by atoms with van der Waals surface area (Å²) in [6.07, 6.45) is 0. The van der Waals surface area contributed by atoms with Gasteiger partial charge >= 0.3 is 57.1 Å². The van der Waals surface area contributed by atoms with E-state index in [2.05, 4.69) is 13.2 Å². The van der Waals surface area contributed by atoms with Gasteiger partial charge in [0.2, 0.25) is 0 Å². The summed E-state index contributed by atoms with van der Waals surface area (Å²) < 4.78 is 5.35. The number of rotatable bonds is 1. The van der Waals surface area contributed by atoms with Crippen LogP contribution in [0.15, 0.2) is 22.6 Å². The van der Waals surface area contributed by atoms with E-state index in [1.165, 1.54) is 4.86 Å². The van der Waals surface area contributed by atoms with Gasteiger partial charge in [0.1, 0.15) is 0 Å². The average molecular weight is 215 g/mol. The molecule has 0 amide bonds. The Labute approximate surface area is 57.2 Å². The third-order valence-electron chi connectivity index (χ3n) is 0.978. The van der Waals surface area contributed by atoms with Crippen LogP contribution in [0.5, 0.6) is 0 Å². The molecular weight excluding hydrogens is 210 g/mol. The van der Waals surface area contributed by atoms with Gasteiger partial charge in [-0.05, 0) is 0 Å². The molecule has 1 aliphatic heterocycles. The van der Waals surface area contributed by atoms with Gasteiger partial charge in [-0.2, -0.15) is 0 Å². The van der Waals surface area contributed by atoms with Crippen LogP contribution in [0, 0.1) is 0 Å². The Morgan fingerprint density at radius 1 is 1.62 bits per heavy atom. The first-order valence-corrected chi connectivity index (χ1v) is 9.69. The normalized spacial score (nSPS) is 33.8. The maximum atomic E-state index is 5.74. The first kappa shape index (κ1) is 6.54. The summed E-state index contributed by atoms with van der Waals surface area (Å²) in [6, 6.07) is 0. The predicted molar refractivity (Wildman–Crippen MR) is 37.9 cm³/mol. The van der Waals surface area contributed by atoms with Crippen LogP contribution in [0.25, 0.3) is 0 Å². The molecule has 0 N–H and O–H groups in total. The zero-order valence-electron chi connectivity index (χ0n) is 4.10. The summed E-state index contributed by atoms with van der Waals surface area (Å²) in [6.45, 7) is 6.93. The zero-order valence-corrected chi connectivity index (χ0v) is 7.49. The molecule has 1 nitrogen and oxygen atoms in total. The SMILES string of the molecule is C=C[As]1(Cl)(Cl)OC1=C. The van der Waals surface area contributed by atoms with Crippen molar-refractivity contribution in [1.82, 2.24) is 0 Å². The summed E-state index contributed by atoms with van der Waals surface area (Å²) in [5, 5.41) is 0. The molecular formula is C4H5AsCl2O. The van der Waals surface area contributed by atoms with E-state index in [9.17, 15) is 0 Å². The molecule has 0 aliphatic carbocycles. The molecule has 0 bridgehead atoms. The van der Waals surface area contributed by atoms with Gasteiger partial charge in [-0.3, -0.25) is 0 Å². The Morgan fingerprint density at radius 2 is 2.00 bits per heavy atom. The van der Waals surface area contributed by atoms with Gasteiger partial charge in [0.25, 0.3) is 0 Å². The van der Waals surface area contributed by atoms with Crippen LogP contribution in [0.1, 0.15) is 0 Å². The van der Waals surface area contributed by atoms with Gasteiger partial charge in [-0.1, -0.05) is 0 Å². The minimum atomic E-state index is -3.40. The molecule has 1 heterocycles. The molecule has 46 valence electrons. The minimum absolute atomic E-state index is 0.516. The summed E-state index contributed by atoms with van der Waals surface area (Å²) in [5.74, 6) is 0. The van der Waals surface area contributed by atoms with Crippen molar-refractivity contribution in [3.8, 4) is 0 Å². The Hall–Kier alpha value is 0.418. The van der Waals surface area contributed by atoms with Crippen molar-refractivity contribution in [3.05, 3.63) is 22.6 Å². The van der Waals surface area contributed by atoms with E-state index in [-0.39, 0.29) is 0 Å². The number of hydrogen-bond donors (Lipinski definition) is 0. The van der Waals surface area contributed by atoms with Gasteiger partial charge in [0, 0.05) is 0 Å². The third-order valence-corrected chi connectivity index (χ3v) is 9.19. The number of halogens is 2. The van der Waals surface area contributed by atoms with Gasteiger partial charge in [-0.15, -0.1) is 0 Å². The second-order valence-electron chi connectivity index (χ2n) is 1.56. The van der Waals surface area contributed by atoms with Crippen molar-refractivity contribution in [2.24, 2.45) is 0 Å². The van der Waals surface area contributed by atoms with Crippen LogP contribution in [-0.2, 0) is 3.73 Å². The zero-order chi connectivity index (χ0) is 6.44. The fourth-order valence-electron chi connectivity index (χ4n) is 0.312. The van der Waals surface area contributed by atoms with E-state index in [1.807, 2.05) is 0 Å². The Kier molecular flexibility index (Phi) is 1.05. The summed E-state index contributed by atoms with van der Waals surface area (Å²) >= 11 is 0. The summed E-state index contributed by atoms with van der Waals surface area (Å²) in [5.41, 5.74) is 0. The van der Waals surface area contributed by atoms with Crippen LogP contribution in [-0.4, -0.2) is 10.9 Å². The predicted octanol–water partition coefficient (Wildman–Crippen LogP) is 2.17. The molecule has 8 heavy (non-hydrogen) atoms. The molecule has 0 atom stereocenters. The van der Waals surface area contributed by atoms with E-state index in [1.54, 1.807) is 0 Å². The Balaban J connectivity index is 2.97. The molecule has 0 spiro atoms. The van der Waals surface area contributed by atoms with Gasteiger partial charge in [0.05, 0.1) is 0 Å². The topological polar surface area (TPSA) is 12.5 Å². The molecule has 0 unspecified atom stereocenters. The van der Waals surface area contributed by atoms with Crippen molar-refractivity contribution < 1.29 is 3.73 Å². The number of hydrogen-bond acceptors (Lipinski definition) is 1. The van der Waals surface area contributed by atoms with Crippen LogP contribution in [0.3, 0.4) is 0 Å². The van der Waals surface area contributed by atoms with Crippen LogP contribution < -0.4 is 0 Å². The molecule has 1 saturated heterocycles. The van der Waals surface area contributed by atoms with E-state index in [0.29, 0.717) is 4.55 Å². The van der Waals surface area contributed by atoms with Crippen molar-refractivity contribution in [1.29, 1.82) is 0 Å². The van der Waals surface area contributed by atoms with E-state index in [0.717, 1.165) is 0 Å². The second kappa shape index (κ2) is 1.29. The Morgan fingerprint density at radius 3 is 2.00 bits per heavy atom. The van der Waals surface area contributed by atoms with Gasteiger partial charge in [-0.25, -0.2) is 0 Å². The van der Waals surface area contributed by atoms with Gasteiger partial charge in [0.15, 0.2) is 0 Å². The summed E-state index contributed by atoms with van der Waals surface area (Å²) in [4.78, 5) is 1.48. The molecule has 0 aromatic carbocycles. The van der Waals surface area contributed by atoms with E-state index >= 15 is 0 Å². The molecule has 0 aromatic rings. The van der Waals surface area contributed by atoms with Crippen molar-refractivity contribution in [2.45, 2.75) is 0 Å². The van der Waals surface area contributed by atoms with Gasteiger partial charge < -0.3 is 0 Å². The van der Waals surface area contributed by atoms with Crippen LogP contribution in [0.2, 0.25) is 0 Å². The summed E-state index contributed by atoms with van der Waals surface area (Å²) in [7, 11) is 8.08. The first-order valence-electron chi connectivity index (χ1n) is 1.97. The van der Waals surface area contributed by atoms with E-state index in [4.69, 9.17) is 23.6 Å². The molecule has 0 radical (unpaired) electrons. The third kappa shape index (κ3) is 0.699. The second-order valence-corrected chi connectivity index (χ2v) is 15.4. The van der Waals surface area contributed by atoms with Crippen molar-refractivity contribution in [3.63, 3.8) is 0 Å². The fraction of sp³-hybridized carbons (Fsp3) is 0. The van der Waals surface area contributed by atoms with Crippen molar-refractivity contribution >= 4 is 30.8 Å². The fourth-order valence-corrected chi connectivity index (χ4v) is 4.98. The molecule has 1 fully saturated rings. The van der Waals surface area contributed by atoms with Crippen LogP contribution >= 0.6 is 19.9 Å². The standard InChI is InChI=1S/C4H5AsCl2O/c1-3-5(6,7)4(2)8-5/h3H,1-2H2. The molecule has 1 aliphatic rings. The van der Waals surface area contributed by atoms with E-state index < -0.39 is 10.9 Å². The first-order chi connectivity index (χ1) is 3.48.